The summed E-state index contributed by atoms with van der Waals surface area (Å²) in [6, 6.07) is 6.14. The molecular formula is C27H29ClFN9O4S. The Bertz CT molecular complexity index is 1890. The molecule has 0 radical (unpaired) electrons. The van der Waals surface area contributed by atoms with Gasteiger partial charge in [-0.25, -0.2) is 37.5 Å². The van der Waals surface area contributed by atoms with Crippen molar-refractivity contribution < 1.29 is 17.6 Å². The zero-order valence-electron chi connectivity index (χ0n) is 23.7. The van der Waals surface area contributed by atoms with Gasteiger partial charge in [0.25, 0.3) is 11.5 Å². The van der Waals surface area contributed by atoms with Crippen LogP contribution in [0.25, 0.3) is 10.9 Å². The Hall–Kier alpha value is -4.37. The number of aromatic nitrogens is 5. The van der Waals surface area contributed by atoms with E-state index in [0.29, 0.717) is 41.5 Å². The fourth-order valence-corrected chi connectivity index (χ4v) is 5.62. The molecule has 43 heavy (non-hydrogen) atoms. The first-order valence-corrected chi connectivity index (χ1v) is 15.5. The van der Waals surface area contributed by atoms with Gasteiger partial charge < -0.3 is 15.5 Å². The predicted molar refractivity (Wildman–Crippen MR) is 162 cm³/mol. The van der Waals surface area contributed by atoms with Gasteiger partial charge in [0, 0.05) is 31.7 Å². The van der Waals surface area contributed by atoms with E-state index in [1.54, 1.807) is 13.1 Å². The van der Waals surface area contributed by atoms with E-state index < -0.39 is 27.8 Å². The third-order valence-corrected chi connectivity index (χ3v) is 7.71. The SMILES string of the molecule is Cc1cc([C@@H](C)Nc2ccc(Cl)nc2C(=O)NS(C)(=O)=O)c2nc(N3CC[C@H](Nc4ncc(F)cn4)C3)n(C)c(=O)c2c1. The zero-order chi connectivity index (χ0) is 31.1. The van der Waals surface area contributed by atoms with E-state index in [2.05, 4.69) is 25.6 Å². The Morgan fingerprint density at radius 1 is 1.19 bits per heavy atom. The number of nitrogens with one attached hydrogen (secondary N) is 3. The molecule has 3 N–H and O–H groups in total. The van der Waals surface area contributed by atoms with Crippen LogP contribution in [0.3, 0.4) is 0 Å². The molecule has 1 saturated heterocycles. The van der Waals surface area contributed by atoms with E-state index >= 15 is 0 Å². The molecule has 1 aromatic carbocycles. The van der Waals surface area contributed by atoms with Gasteiger partial charge in [0.1, 0.15) is 5.15 Å². The third-order valence-electron chi connectivity index (χ3n) is 6.95. The number of hydrogen-bond acceptors (Lipinski definition) is 11. The van der Waals surface area contributed by atoms with Crippen LogP contribution in [-0.2, 0) is 17.1 Å². The second-order valence-corrected chi connectivity index (χ2v) is 12.6. The summed E-state index contributed by atoms with van der Waals surface area (Å²) in [5.41, 5.74) is 1.81. The Labute approximate surface area is 251 Å². The van der Waals surface area contributed by atoms with Gasteiger partial charge in [-0.2, -0.15) is 0 Å². The largest absolute Gasteiger partial charge is 0.377 e. The molecule has 0 bridgehead atoms. The molecule has 1 aliphatic rings. The number of carbonyl (C=O) groups excluding carboxylic acids is 1. The van der Waals surface area contributed by atoms with Crippen molar-refractivity contribution in [2.45, 2.75) is 32.4 Å². The minimum atomic E-state index is -3.85. The number of pyridine rings is 1. The van der Waals surface area contributed by atoms with Gasteiger partial charge in [0.05, 0.1) is 41.3 Å². The van der Waals surface area contributed by atoms with Crippen LogP contribution in [0.1, 0.15) is 41.0 Å². The summed E-state index contributed by atoms with van der Waals surface area (Å²) in [5.74, 6) is -0.677. The molecule has 5 rings (SSSR count). The lowest BCUT2D eigenvalue weighted by atomic mass is 10.0. The Morgan fingerprint density at radius 2 is 1.91 bits per heavy atom. The highest BCUT2D eigenvalue weighted by Gasteiger charge is 2.28. The molecule has 4 heterocycles. The number of benzene rings is 1. The van der Waals surface area contributed by atoms with Gasteiger partial charge in [-0.3, -0.25) is 14.2 Å². The molecule has 4 aromatic rings. The van der Waals surface area contributed by atoms with Crippen molar-refractivity contribution >= 4 is 56.0 Å². The molecule has 1 aliphatic heterocycles. The molecule has 0 aliphatic carbocycles. The maximum Gasteiger partial charge on any atom is 0.285 e. The highest BCUT2D eigenvalue weighted by atomic mass is 35.5. The van der Waals surface area contributed by atoms with E-state index in [1.165, 1.54) is 16.7 Å². The monoisotopic (exact) mass is 629 g/mol. The van der Waals surface area contributed by atoms with Crippen molar-refractivity contribution in [3.63, 3.8) is 0 Å². The average molecular weight is 630 g/mol. The number of nitrogens with zero attached hydrogens (tertiary/aromatic N) is 6. The molecule has 1 fully saturated rings. The van der Waals surface area contributed by atoms with E-state index in [0.717, 1.165) is 30.6 Å². The Balaban J connectivity index is 1.48. The number of aryl methyl sites for hydroxylation is 1. The number of amides is 1. The van der Waals surface area contributed by atoms with E-state index in [-0.39, 0.29) is 28.1 Å². The number of fused-ring (bicyclic) bond motifs is 1. The number of hydrogen-bond donors (Lipinski definition) is 3. The lowest BCUT2D eigenvalue weighted by molar-refractivity contribution is 0.0977. The van der Waals surface area contributed by atoms with Gasteiger partial charge in [0.15, 0.2) is 11.5 Å². The summed E-state index contributed by atoms with van der Waals surface area (Å²) < 4.78 is 40.0. The molecular weight excluding hydrogens is 601 g/mol. The van der Waals surface area contributed by atoms with Crippen molar-refractivity contribution in [2.75, 3.05) is 34.9 Å². The minimum Gasteiger partial charge on any atom is -0.377 e. The molecule has 2 atom stereocenters. The van der Waals surface area contributed by atoms with Crippen LogP contribution in [0, 0.1) is 12.7 Å². The molecule has 13 nitrogen and oxygen atoms in total. The Morgan fingerprint density at radius 3 is 2.60 bits per heavy atom. The van der Waals surface area contributed by atoms with Gasteiger partial charge >= 0.3 is 0 Å². The van der Waals surface area contributed by atoms with Crippen LogP contribution in [0.5, 0.6) is 0 Å². The average Bonchev–Trinajstić information content (AvgIpc) is 3.40. The van der Waals surface area contributed by atoms with Gasteiger partial charge in [-0.05, 0) is 44.0 Å². The molecule has 1 amide bonds. The lowest BCUT2D eigenvalue weighted by Gasteiger charge is -2.23. The maximum absolute atomic E-state index is 13.6. The molecule has 16 heteroatoms. The second kappa shape index (κ2) is 11.7. The summed E-state index contributed by atoms with van der Waals surface area (Å²) in [6.45, 7) is 4.82. The number of sulfonamides is 1. The molecule has 0 saturated carbocycles. The number of rotatable bonds is 8. The second-order valence-electron chi connectivity index (χ2n) is 10.4. The van der Waals surface area contributed by atoms with Crippen molar-refractivity contribution in [1.29, 1.82) is 0 Å². The Kier molecular flexibility index (Phi) is 8.21. The fraction of sp³-hybridized carbons (Fsp3) is 0.333. The molecule has 0 spiro atoms. The first-order chi connectivity index (χ1) is 20.3. The summed E-state index contributed by atoms with van der Waals surface area (Å²) in [5, 5.41) is 6.84. The quantitative estimate of drug-likeness (QED) is 0.246. The van der Waals surface area contributed by atoms with Crippen molar-refractivity contribution in [3.8, 4) is 0 Å². The van der Waals surface area contributed by atoms with Gasteiger partial charge in [-0.1, -0.05) is 17.7 Å². The fourth-order valence-electron chi connectivity index (χ4n) is 5.04. The van der Waals surface area contributed by atoms with Crippen LogP contribution >= 0.6 is 11.6 Å². The lowest BCUT2D eigenvalue weighted by Crippen LogP contribution is -2.32. The van der Waals surface area contributed by atoms with Crippen molar-refractivity contribution in [3.05, 3.63) is 74.8 Å². The van der Waals surface area contributed by atoms with Crippen molar-refractivity contribution in [2.24, 2.45) is 7.05 Å². The molecule has 0 unspecified atom stereocenters. The first kappa shape index (κ1) is 30.1. The topological polar surface area (TPSA) is 164 Å². The highest BCUT2D eigenvalue weighted by Crippen LogP contribution is 2.30. The van der Waals surface area contributed by atoms with Gasteiger partial charge in [-0.15, -0.1) is 0 Å². The number of halogens is 2. The summed E-state index contributed by atoms with van der Waals surface area (Å²) in [7, 11) is -2.18. The van der Waals surface area contributed by atoms with E-state index in [4.69, 9.17) is 16.6 Å². The standard InChI is InChI=1S/C27H29ClFN9O4S/c1-14-9-18(15(2)32-20-5-6-21(28)34-23(20)24(39)36-43(4,41)42)22-19(10-14)25(40)37(3)27(35-22)38-8-7-17(13-38)33-26-30-11-16(29)12-31-26/h5-6,9-12,15,17,32H,7-8,13H2,1-4H3,(H,36,39)(H,30,31,33)/t15-,17+/m1/s1. The van der Waals surface area contributed by atoms with E-state index in [1.807, 2.05) is 29.5 Å². The highest BCUT2D eigenvalue weighted by molar-refractivity contribution is 7.89. The summed E-state index contributed by atoms with van der Waals surface area (Å²) in [4.78, 5) is 45.2. The minimum absolute atomic E-state index is 0.0112. The van der Waals surface area contributed by atoms with E-state index in [9.17, 15) is 22.4 Å². The molecule has 3 aromatic heterocycles. The number of anilines is 3. The number of carbonyl (C=O) groups is 1. The molecule has 226 valence electrons. The van der Waals surface area contributed by atoms with Crippen molar-refractivity contribution in [1.82, 2.24) is 29.2 Å². The summed E-state index contributed by atoms with van der Waals surface area (Å²) >= 11 is 6.01. The smallest absolute Gasteiger partial charge is 0.285 e. The van der Waals surface area contributed by atoms with Crippen LogP contribution < -0.4 is 25.8 Å². The first-order valence-electron chi connectivity index (χ1n) is 13.2. The normalized spacial score (nSPS) is 15.9. The van der Waals surface area contributed by atoms with Crippen LogP contribution in [0.4, 0.5) is 22.0 Å². The maximum atomic E-state index is 13.6. The van der Waals surface area contributed by atoms with Crippen LogP contribution in [0.2, 0.25) is 5.15 Å². The zero-order valence-corrected chi connectivity index (χ0v) is 25.3. The third kappa shape index (κ3) is 6.67. The van der Waals surface area contributed by atoms with Crippen LogP contribution in [-0.4, -0.2) is 64.2 Å². The predicted octanol–water partition coefficient (Wildman–Crippen LogP) is 2.77. The van der Waals surface area contributed by atoms with Crippen LogP contribution in [0.15, 0.2) is 41.5 Å². The van der Waals surface area contributed by atoms with Gasteiger partial charge in [0.2, 0.25) is 21.9 Å². The summed E-state index contributed by atoms with van der Waals surface area (Å²) in [6.07, 6.45) is 3.77.